The van der Waals surface area contributed by atoms with Crippen molar-refractivity contribution in [1.29, 1.82) is 0 Å². The van der Waals surface area contributed by atoms with E-state index in [9.17, 15) is 9.59 Å². The molecule has 0 aromatic heterocycles. The van der Waals surface area contributed by atoms with E-state index in [1.165, 1.54) is 0 Å². The van der Waals surface area contributed by atoms with Crippen LogP contribution in [0.3, 0.4) is 0 Å². The highest BCUT2D eigenvalue weighted by molar-refractivity contribution is 9.10. The molecule has 1 rings (SSSR count). The number of rotatable bonds is 10. The van der Waals surface area contributed by atoms with Crippen molar-refractivity contribution in [1.82, 2.24) is 5.32 Å². The lowest BCUT2D eigenvalue weighted by Crippen LogP contribution is -2.28. The summed E-state index contributed by atoms with van der Waals surface area (Å²) in [5.74, 6) is -0.379. The van der Waals surface area contributed by atoms with E-state index in [0.717, 1.165) is 10.2 Å². The summed E-state index contributed by atoms with van der Waals surface area (Å²) in [6.07, 6.45) is 0.951. The molecule has 0 aliphatic rings. The predicted octanol–water partition coefficient (Wildman–Crippen LogP) is 1.83. The van der Waals surface area contributed by atoms with Gasteiger partial charge in [-0.2, -0.15) is 0 Å². The lowest BCUT2D eigenvalue weighted by atomic mass is 10.3. The van der Waals surface area contributed by atoms with Crippen LogP contribution in [0.1, 0.15) is 12.8 Å². The third kappa shape index (κ3) is 8.31. The predicted molar refractivity (Wildman–Crippen MR) is 80.3 cm³/mol. The zero-order valence-corrected chi connectivity index (χ0v) is 13.1. The van der Waals surface area contributed by atoms with E-state index in [1.807, 2.05) is 24.3 Å². The molecule has 0 unspecified atom stereocenters. The minimum atomic E-state index is -1.02. The zero-order valence-electron chi connectivity index (χ0n) is 11.5. The molecule has 1 amide bonds. The van der Waals surface area contributed by atoms with Crippen LogP contribution in [0.15, 0.2) is 28.7 Å². The first-order chi connectivity index (χ1) is 10.1. The third-order valence-electron chi connectivity index (χ3n) is 2.44. The number of hydrogen-bond donors (Lipinski definition) is 2. The van der Waals surface area contributed by atoms with E-state index in [1.54, 1.807) is 0 Å². The van der Waals surface area contributed by atoms with Gasteiger partial charge in [-0.25, -0.2) is 4.79 Å². The van der Waals surface area contributed by atoms with Crippen LogP contribution in [0, 0.1) is 0 Å². The molecule has 0 radical (unpaired) electrons. The first-order valence-electron chi connectivity index (χ1n) is 6.53. The number of carboxylic acid groups (broad SMARTS) is 1. The van der Waals surface area contributed by atoms with Crippen LogP contribution in [0.5, 0.6) is 5.75 Å². The molecular formula is C14H18BrNO5. The van der Waals surface area contributed by atoms with Gasteiger partial charge in [0.2, 0.25) is 5.91 Å². The van der Waals surface area contributed by atoms with Crippen LogP contribution in [-0.4, -0.2) is 43.3 Å². The van der Waals surface area contributed by atoms with Crippen molar-refractivity contribution in [3.8, 4) is 5.75 Å². The summed E-state index contributed by atoms with van der Waals surface area (Å²) in [5, 5.41) is 11.0. The Balaban J connectivity index is 2.03. The Labute approximate surface area is 131 Å². The van der Waals surface area contributed by atoms with Crippen molar-refractivity contribution in [2.24, 2.45) is 0 Å². The fourth-order valence-corrected chi connectivity index (χ4v) is 1.89. The number of nitrogens with one attached hydrogen (secondary N) is 1. The Morgan fingerprint density at radius 2 is 2.00 bits per heavy atom. The largest absolute Gasteiger partial charge is 0.492 e. The Bertz CT molecular complexity index is 466. The van der Waals surface area contributed by atoms with Crippen LogP contribution in [0.2, 0.25) is 0 Å². The van der Waals surface area contributed by atoms with E-state index in [0.29, 0.717) is 26.0 Å². The molecule has 0 fully saturated rings. The first kappa shape index (κ1) is 17.5. The van der Waals surface area contributed by atoms with Crippen LogP contribution in [-0.2, 0) is 14.3 Å². The van der Waals surface area contributed by atoms with Gasteiger partial charge in [-0.1, -0.05) is 12.1 Å². The zero-order chi connectivity index (χ0) is 15.5. The van der Waals surface area contributed by atoms with Gasteiger partial charge in [-0.05, 0) is 34.5 Å². The maximum Gasteiger partial charge on any atom is 0.329 e. The lowest BCUT2D eigenvalue weighted by Gasteiger charge is -2.08. The number of benzene rings is 1. The molecule has 0 bridgehead atoms. The summed E-state index contributed by atoms with van der Waals surface area (Å²) in [7, 11) is 0. The van der Waals surface area contributed by atoms with Gasteiger partial charge in [0, 0.05) is 13.0 Å². The minimum absolute atomic E-state index is 0.107. The van der Waals surface area contributed by atoms with Gasteiger partial charge in [-0.15, -0.1) is 0 Å². The molecule has 2 N–H and O–H groups in total. The summed E-state index contributed by atoms with van der Waals surface area (Å²) in [6, 6.07) is 7.52. The third-order valence-corrected chi connectivity index (χ3v) is 3.09. The van der Waals surface area contributed by atoms with E-state index in [4.69, 9.17) is 14.6 Å². The minimum Gasteiger partial charge on any atom is -0.492 e. The number of halogens is 1. The Morgan fingerprint density at radius 1 is 1.24 bits per heavy atom. The van der Waals surface area contributed by atoms with Crippen molar-refractivity contribution < 1.29 is 24.2 Å². The Kier molecular flexibility index (Phi) is 8.45. The molecule has 0 saturated carbocycles. The number of ether oxygens (including phenoxy) is 2. The molecule has 0 atom stereocenters. The van der Waals surface area contributed by atoms with E-state index in [-0.39, 0.29) is 19.1 Å². The number of carboxylic acids is 1. The molecule has 1 aromatic rings. The second kappa shape index (κ2) is 10.2. The molecule has 0 heterocycles. The van der Waals surface area contributed by atoms with E-state index < -0.39 is 5.97 Å². The van der Waals surface area contributed by atoms with Gasteiger partial charge in [0.15, 0.2) is 0 Å². The number of carbonyl (C=O) groups is 2. The summed E-state index contributed by atoms with van der Waals surface area (Å²) in [6.45, 7) is 0.587. The Hall–Kier alpha value is -1.60. The average molecular weight is 360 g/mol. The van der Waals surface area contributed by atoms with Crippen molar-refractivity contribution in [3.05, 3.63) is 28.7 Å². The summed E-state index contributed by atoms with van der Waals surface area (Å²) in [5.41, 5.74) is 0. The van der Waals surface area contributed by atoms with E-state index >= 15 is 0 Å². The summed E-state index contributed by atoms with van der Waals surface area (Å²) in [4.78, 5) is 21.7. The SMILES string of the molecule is O=C(O)COCCNC(=O)CCCOc1ccccc1Br. The molecule has 0 saturated heterocycles. The van der Waals surface area contributed by atoms with Crippen molar-refractivity contribution in [2.75, 3.05) is 26.4 Å². The summed E-state index contributed by atoms with van der Waals surface area (Å²) < 4.78 is 11.2. The number of hydrogen-bond acceptors (Lipinski definition) is 4. The standard InChI is InChI=1S/C14H18BrNO5/c15-11-4-1-2-5-12(11)21-8-3-6-13(17)16-7-9-20-10-14(18)19/h1-2,4-5H,3,6-10H2,(H,16,17)(H,18,19). The topological polar surface area (TPSA) is 84.9 Å². The van der Waals surface area contributed by atoms with Gasteiger partial charge in [0.25, 0.3) is 0 Å². The number of para-hydroxylation sites is 1. The number of carbonyl (C=O) groups excluding carboxylic acids is 1. The molecular weight excluding hydrogens is 342 g/mol. The highest BCUT2D eigenvalue weighted by atomic mass is 79.9. The maximum atomic E-state index is 11.5. The molecule has 1 aromatic carbocycles. The smallest absolute Gasteiger partial charge is 0.329 e. The fourth-order valence-electron chi connectivity index (χ4n) is 1.49. The van der Waals surface area contributed by atoms with E-state index in [2.05, 4.69) is 21.2 Å². The van der Waals surface area contributed by atoms with Gasteiger partial charge in [-0.3, -0.25) is 4.79 Å². The fraction of sp³-hybridized carbons (Fsp3) is 0.429. The molecule has 6 nitrogen and oxygen atoms in total. The van der Waals surface area contributed by atoms with Gasteiger partial charge in [0.1, 0.15) is 12.4 Å². The first-order valence-corrected chi connectivity index (χ1v) is 7.32. The van der Waals surface area contributed by atoms with Gasteiger partial charge < -0.3 is 19.9 Å². The lowest BCUT2D eigenvalue weighted by molar-refractivity contribution is -0.142. The van der Waals surface area contributed by atoms with Gasteiger partial charge >= 0.3 is 5.97 Å². The van der Waals surface area contributed by atoms with Crippen LogP contribution >= 0.6 is 15.9 Å². The molecule has 0 spiro atoms. The van der Waals surface area contributed by atoms with Crippen molar-refractivity contribution in [2.45, 2.75) is 12.8 Å². The van der Waals surface area contributed by atoms with Crippen LogP contribution in [0.4, 0.5) is 0 Å². The second-order valence-corrected chi connectivity index (χ2v) is 5.03. The Morgan fingerprint density at radius 3 is 2.71 bits per heavy atom. The summed E-state index contributed by atoms with van der Waals surface area (Å²) >= 11 is 3.38. The van der Waals surface area contributed by atoms with Gasteiger partial charge in [0.05, 0.1) is 17.7 Å². The monoisotopic (exact) mass is 359 g/mol. The maximum absolute atomic E-state index is 11.5. The highest BCUT2D eigenvalue weighted by Gasteiger charge is 2.03. The average Bonchev–Trinajstić information content (AvgIpc) is 2.44. The van der Waals surface area contributed by atoms with Crippen molar-refractivity contribution in [3.63, 3.8) is 0 Å². The van der Waals surface area contributed by atoms with Crippen molar-refractivity contribution >= 4 is 27.8 Å². The number of amides is 1. The van der Waals surface area contributed by atoms with Crippen LogP contribution in [0.25, 0.3) is 0 Å². The molecule has 0 aliphatic heterocycles. The molecule has 0 aliphatic carbocycles. The normalized spacial score (nSPS) is 10.1. The molecule has 21 heavy (non-hydrogen) atoms. The molecule has 7 heteroatoms. The molecule has 116 valence electrons. The number of aliphatic carboxylic acids is 1. The second-order valence-electron chi connectivity index (χ2n) is 4.18. The van der Waals surface area contributed by atoms with Crippen LogP contribution < -0.4 is 10.1 Å². The quantitative estimate of drug-likeness (QED) is 0.622. The highest BCUT2D eigenvalue weighted by Crippen LogP contribution is 2.23.